The van der Waals surface area contributed by atoms with E-state index in [9.17, 15) is 0 Å². The molecule has 2 aromatic rings. The van der Waals surface area contributed by atoms with Gasteiger partial charge in [0.25, 0.3) is 0 Å². The molecule has 1 aromatic carbocycles. The van der Waals surface area contributed by atoms with Gasteiger partial charge in [0.15, 0.2) is 0 Å². The summed E-state index contributed by atoms with van der Waals surface area (Å²) in [5.41, 5.74) is 2.59. The third-order valence-electron chi connectivity index (χ3n) is 2.51. The fourth-order valence-corrected chi connectivity index (χ4v) is 1.53. The van der Waals surface area contributed by atoms with E-state index in [-0.39, 0.29) is 6.15 Å². The van der Waals surface area contributed by atoms with Gasteiger partial charge in [0.1, 0.15) is 0 Å². The van der Waals surface area contributed by atoms with E-state index >= 15 is 0 Å². The van der Waals surface area contributed by atoms with E-state index in [1.54, 1.807) is 0 Å². The number of nitrogens with zero attached hydrogens (tertiary/aromatic N) is 2. The summed E-state index contributed by atoms with van der Waals surface area (Å²) in [6.45, 7) is 5.22. The Bertz CT molecular complexity index is 498. The van der Waals surface area contributed by atoms with Crippen molar-refractivity contribution in [2.24, 2.45) is 0 Å². The minimum Gasteiger partial charge on any atom is -0.268 e. The summed E-state index contributed by atoms with van der Waals surface area (Å²) in [5.74, 6) is 0.550. The lowest BCUT2D eigenvalue weighted by Crippen LogP contribution is -1.99. The van der Waals surface area contributed by atoms with E-state index in [4.69, 9.17) is 9.59 Å². The Kier molecular flexibility index (Phi) is 5.55. The maximum absolute atomic E-state index is 8.12. The van der Waals surface area contributed by atoms with E-state index in [0.29, 0.717) is 5.92 Å². The SMILES string of the molecule is CC(C)c1cnn(Cc2ccccc2)c1.O=C=O. The van der Waals surface area contributed by atoms with Gasteiger partial charge < -0.3 is 0 Å². The summed E-state index contributed by atoms with van der Waals surface area (Å²) < 4.78 is 1.99. The number of hydrogen-bond donors (Lipinski definition) is 0. The predicted octanol–water partition coefficient (Wildman–Crippen LogP) is 2.47. The molecule has 0 aliphatic rings. The Morgan fingerprint density at radius 1 is 1.22 bits per heavy atom. The van der Waals surface area contributed by atoms with Crippen molar-refractivity contribution in [2.45, 2.75) is 26.3 Å². The molecule has 4 heteroatoms. The molecule has 0 saturated heterocycles. The monoisotopic (exact) mass is 244 g/mol. The maximum Gasteiger partial charge on any atom is 0.373 e. The minimum absolute atomic E-state index is 0.250. The fourth-order valence-electron chi connectivity index (χ4n) is 1.53. The van der Waals surface area contributed by atoms with Gasteiger partial charge in [0.2, 0.25) is 0 Å². The second kappa shape index (κ2) is 7.20. The van der Waals surface area contributed by atoms with Gasteiger partial charge in [-0.15, -0.1) is 0 Å². The van der Waals surface area contributed by atoms with Gasteiger partial charge in [0, 0.05) is 6.20 Å². The predicted molar refractivity (Wildman–Crippen MR) is 66.9 cm³/mol. The van der Waals surface area contributed by atoms with Crippen LogP contribution in [0.25, 0.3) is 0 Å². The van der Waals surface area contributed by atoms with Crippen molar-refractivity contribution in [1.82, 2.24) is 9.78 Å². The zero-order chi connectivity index (χ0) is 13.4. The molecule has 0 atom stereocenters. The number of carbonyl (C=O) groups excluding carboxylic acids is 2. The Morgan fingerprint density at radius 3 is 2.33 bits per heavy atom. The van der Waals surface area contributed by atoms with E-state index in [1.807, 2.05) is 16.9 Å². The molecular formula is C14H16N2O2. The summed E-state index contributed by atoms with van der Waals surface area (Å²) >= 11 is 0. The van der Waals surface area contributed by atoms with Crippen LogP contribution in [0.15, 0.2) is 42.7 Å². The normalized spacial score (nSPS) is 9.50. The Hall–Kier alpha value is -2.19. The first-order chi connectivity index (χ1) is 8.67. The maximum atomic E-state index is 8.12. The quantitative estimate of drug-likeness (QED) is 0.833. The second-order valence-electron chi connectivity index (χ2n) is 4.19. The Labute approximate surface area is 106 Å². The van der Waals surface area contributed by atoms with E-state index in [0.717, 1.165) is 6.54 Å². The van der Waals surface area contributed by atoms with Crippen LogP contribution in [0, 0.1) is 0 Å². The summed E-state index contributed by atoms with van der Waals surface area (Å²) in [6, 6.07) is 10.4. The molecule has 1 heterocycles. The minimum atomic E-state index is 0.250. The number of aromatic nitrogens is 2. The van der Waals surface area contributed by atoms with Gasteiger partial charge in [-0.3, -0.25) is 4.68 Å². The average molecular weight is 244 g/mol. The zero-order valence-electron chi connectivity index (χ0n) is 10.5. The molecule has 0 N–H and O–H groups in total. The van der Waals surface area contributed by atoms with E-state index < -0.39 is 0 Å². The highest BCUT2D eigenvalue weighted by molar-refractivity contribution is 5.20. The molecule has 94 valence electrons. The number of benzene rings is 1. The Balaban J connectivity index is 0.000000492. The molecule has 0 radical (unpaired) electrons. The van der Waals surface area contributed by atoms with Crippen molar-refractivity contribution >= 4 is 6.15 Å². The van der Waals surface area contributed by atoms with E-state index in [1.165, 1.54) is 11.1 Å². The molecule has 0 fully saturated rings. The van der Waals surface area contributed by atoms with Crippen LogP contribution in [0.3, 0.4) is 0 Å². The van der Waals surface area contributed by atoms with Gasteiger partial charge in [-0.1, -0.05) is 44.2 Å². The van der Waals surface area contributed by atoms with Crippen molar-refractivity contribution in [2.75, 3.05) is 0 Å². The van der Waals surface area contributed by atoms with Crippen molar-refractivity contribution in [3.8, 4) is 0 Å². The summed E-state index contributed by atoms with van der Waals surface area (Å²) in [6.07, 6.45) is 4.32. The molecule has 4 nitrogen and oxygen atoms in total. The summed E-state index contributed by atoms with van der Waals surface area (Å²) in [7, 11) is 0. The summed E-state index contributed by atoms with van der Waals surface area (Å²) in [4.78, 5) is 16.2. The topological polar surface area (TPSA) is 52.0 Å². The molecule has 0 saturated carbocycles. The van der Waals surface area contributed by atoms with Crippen LogP contribution >= 0.6 is 0 Å². The molecule has 1 aromatic heterocycles. The van der Waals surface area contributed by atoms with Crippen LogP contribution in [0.2, 0.25) is 0 Å². The largest absolute Gasteiger partial charge is 0.373 e. The van der Waals surface area contributed by atoms with Crippen molar-refractivity contribution in [3.05, 3.63) is 53.9 Å². The Morgan fingerprint density at radius 2 is 1.83 bits per heavy atom. The van der Waals surface area contributed by atoms with E-state index in [2.05, 4.69) is 49.4 Å². The van der Waals surface area contributed by atoms with Gasteiger partial charge in [-0.05, 0) is 17.0 Å². The van der Waals surface area contributed by atoms with Crippen LogP contribution in [0.1, 0.15) is 30.9 Å². The highest BCUT2D eigenvalue weighted by atomic mass is 16.2. The highest BCUT2D eigenvalue weighted by Crippen LogP contribution is 2.13. The zero-order valence-corrected chi connectivity index (χ0v) is 10.5. The van der Waals surface area contributed by atoms with Gasteiger partial charge in [-0.25, -0.2) is 0 Å². The second-order valence-corrected chi connectivity index (χ2v) is 4.19. The molecule has 0 bridgehead atoms. The molecular weight excluding hydrogens is 228 g/mol. The standard InChI is InChI=1S/C13H16N2.CO2/c1-11(2)13-8-14-15(10-13)9-12-6-4-3-5-7-12;2-1-3/h3-8,10-11H,9H2,1-2H3;. The lowest BCUT2D eigenvalue weighted by molar-refractivity contribution is -0.191. The molecule has 0 unspecified atom stereocenters. The molecule has 2 rings (SSSR count). The number of rotatable bonds is 3. The first-order valence-electron chi connectivity index (χ1n) is 5.73. The molecule has 0 spiro atoms. The molecule has 0 aliphatic carbocycles. The third kappa shape index (κ3) is 4.36. The average Bonchev–Trinajstić information content (AvgIpc) is 2.80. The first kappa shape index (κ1) is 13.9. The van der Waals surface area contributed by atoms with Crippen LogP contribution < -0.4 is 0 Å². The smallest absolute Gasteiger partial charge is 0.268 e. The molecule has 0 amide bonds. The van der Waals surface area contributed by atoms with Crippen LogP contribution in [0.5, 0.6) is 0 Å². The van der Waals surface area contributed by atoms with Crippen LogP contribution in [-0.2, 0) is 16.1 Å². The summed E-state index contributed by atoms with van der Waals surface area (Å²) in [5, 5.41) is 4.35. The van der Waals surface area contributed by atoms with Crippen LogP contribution in [-0.4, -0.2) is 15.9 Å². The fraction of sp³-hybridized carbons (Fsp3) is 0.286. The molecule has 0 aliphatic heterocycles. The molecule has 18 heavy (non-hydrogen) atoms. The lowest BCUT2D eigenvalue weighted by atomic mass is 10.1. The third-order valence-corrected chi connectivity index (χ3v) is 2.51. The van der Waals surface area contributed by atoms with Crippen LogP contribution in [0.4, 0.5) is 0 Å². The van der Waals surface area contributed by atoms with Crippen molar-refractivity contribution < 1.29 is 9.59 Å². The first-order valence-corrected chi connectivity index (χ1v) is 5.73. The highest BCUT2D eigenvalue weighted by Gasteiger charge is 2.02. The lowest BCUT2D eigenvalue weighted by Gasteiger charge is -2.01. The number of hydrogen-bond acceptors (Lipinski definition) is 3. The van der Waals surface area contributed by atoms with Gasteiger partial charge in [0.05, 0.1) is 12.7 Å². The van der Waals surface area contributed by atoms with Gasteiger partial charge in [-0.2, -0.15) is 14.7 Å². The van der Waals surface area contributed by atoms with Gasteiger partial charge >= 0.3 is 6.15 Å². The van der Waals surface area contributed by atoms with Crippen molar-refractivity contribution in [3.63, 3.8) is 0 Å². The van der Waals surface area contributed by atoms with Crippen molar-refractivity contribution in [1.29, 1.82) is 0 Å².